The van der Waals surface area contributed by atoms with Crippen molar-refractivity contribution in [3.8, 4) is 0 Å². The number of carboxylic acids is 1. The molecule has 0 aromatic rings. The summed E-state index contributed by atoms with van der Waals surface area (Å²) in [4.78, 5) is 66.4. The number of nitrogens with two attached hydrogens (primary N) is 2. The van der Waals surface area contributed by atoms with Crippen LogP contribution in [0.1, 0.15) is 51.9 Å². The molecular weight excluding hydrogens is 464 g/mol. The number of carboxylic acid groups (broad SMARTS) is 1. The van der Waals surface area contributed by atoms with E-state index in [9.17, 15) is 29.1 Å². The van der Waals surface area contributed by atoms with E-state index in [0.717, 1.165) is 0 Å². The van der Waals surface area contributed by atoms with Crippen LogP contribution in [-0.4, -0.2) is 82.9 Å². The molecule has 3 atom stereocenters. The van der Waals surface area contributed by atoms with Crippen LogP contribution in [0.25, 0.3) is 0 Å². The Kier molecular flexibility index (Phi) is 13.0. The molecular formula is C21H36N6O6S. The first-order valence-electron chi connectivity index (χ1n) is 11.4. The van der Waals surface area contributed by atoms with E-state index in [1.807, 2.05) is 6.92 Å². The number of thiol groups is 1. The number of aliphatic carboxylic acids is 1. The summed E-state index contributed by atoms with van der Waals surface area (Å²) >= 11 is 4.20. The highest BCUT2D eigenvalue weighted by Gasteiger charge is 2.38. The van der Waals surface area contributed by atoms with Crippen molar-refractivity contribution in [2.45, 2.75) is 64.0 Å². The fourth-order valence-corrected chi connectivity index (χ4v) is 3.94. The Morgan fingerprint density at radius 1 is 1.24 bits per heavy atom. The molecule has 0 aliphatic carbocycles. The van der Waals surface area contributed by atoms with E-state index in [4.69, 9.17) is 11.5 Å². The molecule has 192 valence electrons. The third kappa shape index (κ3) is 9.98. The summed E-state index contributed by atoms with van der Waals surface area (Å²) in [5.74, 6) is -3.43. The second-order valence-electron chi connectivity index (χ2n) is 8.19. The normalized spacial score (nSPS) is 16.9. The van der Waals surface area contributed by atoms with Gasteiger partial charge in [0.1, 0.15) is 12.1 Å². The Balaban J connectivity index is 2.71. The smallest absolute Gasteiger partial charge is 0.326 e. The number of carbonyl (C=O) groups excluding carboxylic acids is 4. The maximum atomic E-state index is 13.1. The Labute approximate surface area is 204 Å². The highest BCUT2D eigenvalue weighted by Crippen LogP contribution is 2.22. The first-order valence-corrected chi connectivity index (χ1v) is 12.0. The van der Waals surface area contributed by atoms with E-state index in [-0.39, 0.29) is 55.2 Å². The van der Waals surface area contributed by atoms with Crippen LogP contribution in [-0.2, 0) is 24.0 Å². The molecule has 12 nitrogen and oxygen atoms in total. The zero-order chi connectivity index (χ0) is 25.7. The Morgan fingerprint density at radius 2 is 1.94 bits per heavy atom. The molecule has 0 radical (unpaired) electrons. The molecule has 0 saturated carbocycles. The summed E-state index contributed by atoms with van der Waals surface area (Å²) in [5.41, 5.74) is 10.5. The second kappa shape index (κ2) is 15.1. The molecule has 1 fully saturated rings. The van der Waals surface area contributed by atoms with Gasteiger partial charge in [-0.25, -0.2) is 4.79 Å². The van der Waals surface area contributed by atoms with Gasteiger partial charge in [-0.3, -0.25) is 24.2 Å². The molecule has 3 amide bonds. The summed E-state index contributed by atoms with van der Waals surface area (Å²) < 4.78 is 0. The molecule has 34 heavy (non-hydrogen) atoms. The number of rotatable bonds is 15. The number of likely N-dealkylation sites (tertiary alicyclic amines) is 1. The van der Waals surface area contributed by atoms with E-state index < -0.39 is 29.9 Å². The van der Waals surface area contributed by atoms with Crippen LogP contribution in [0.4, 0.5) is 0 Å². The van der Waals surface area contributed by atoms with Crippen LogP contribution in [0, 0.1) is 5.92 Å². The summed E-state index contributed by atoms with van der Waals surface area (Å²) in [6.45, 7) is 2.24. The van der Waals surface area contributed by atoms with Gasteiger partial charge in [0.25, 0.3) is 0 Å². The highest BCUT2D eigenvalue weighted by atomic mass is 32.1. The largest absolute Gasteiger partial charge is 0.480 e. The molecule has 0 bridgehead atoms. The van der Waals surface area contributed by atoms with Crippen molar-refractivity contribution in [3.05, 3.63) is 0 Å². The van der Waals surface area contributed by atoms with E-state index >= 15 is 0 Å². The maximum absolute atomic E-state index is 13.1. The van der Waals surface area contributed by atoms with Gasteiger partial charge in [-0.05, 0) is 32.1 Å². The summed E-state index contributed by atoms with van der Waals surface area (Å²) in [5, 5.41) is 14.5. The number of hydrogen-bond acceptors (Lipinski definition) is 7. The van der Waals surface area contributed by atoms with Crippen molar-refractivity contribution in [2.75, 3.05) is 25.4 Å². The molecule has 7 N–H and O–H groups in total. The van der Waals surface area contributed by atoms with Crippen molar-refractivity contribution >= 4 is 48.1 Å². The zero-order valence-electron chi connectivity index (χ0n) is 19.5. The zero-order valence-corrected chi connectivity index (χ0v) is 20.4. The minimum atomic E-state index is -1.20. The lowest BCUT2D eigenvalue weighted by Crippen LogP contribution is -2.52. The van der Waals surface area contributed by atoms with Crippen LogP contribution in [0.3, 0.4) is 0 Å². The predicted octanol–water partition coefficient (Wildman–Crippen LogP) is -0.978. The van der Waals surface area contributed by atoms with Gasteiger partial charge in [-0.15, -0.1) is 0 Å². The number of guanidine groups is 1. The van der Waals surface area contributed by atoms with Crippen molar-refractivity contribution in [1.82, 2.24) is 15.5 Å². The van der Waals surface area contributed by atoms with Crippen molar-refractivity contribution < 1.29 is 29.1 Å². The van der Waals surface area contributed by atoms with Crippen LogP contribution in [0.5, 0.6) is 0 Å². The monoisotopic (exact) mass is 500 g/mol. The molecule has 0 unspecified atom stereocenters. The SMILES string of the molecule is CCCC(=O)NCC(=O)C[C@@H](CS)C(=O)N1CCC[C@H]1C(=O)N[C@@H](CCCN=C(N)N)C(=O)O. The van der Waals surface area contributed by atoms with Gasteiger partial charge in [0, 0.05) is 31.7 Å². The second-order valence-corrected chi connectivity index (χ2v) is 8.55. The van der Waals surface area contributed by atoms with Crippen molar-refractivity contribution in [3.63, 3.8) is 0 Å². The molecule has 1 aliphatic rings. The van der Waals surface area contributed by atoms with E-state index in [1.165, 1.54) is 4.90 Å². The third-order valence-corrected chi connectivity index (χ3v) is 5.84. The fraction of sp³-hybridized carbons (Fsp3) is 0.714. The maximum Gasteiger partial charge on any atom is 0.326 e. The van der Waals surface area contributed by atoms with Gasteiger partial charge in [0.2, 0.25) is 17.7 Å². The average molecular weight is 501 g/mol. The summed E-state index contributed by atoms with van der Waals surface area (Å²) in [7, 11) is 0. The number of hydrogen-bond donors (Lipinski definition) is 6. The van der Waals surface area contributed by atoms with E-state index in [2.05, 4.69) is 28.3 Å². The standard InChI is InChI=1S/C21H36N6O6S/c1-2-5-17(29)25-11-14(28)10-13(12-34)19(31)27-9-4-7-16(27)18(30)26-15(20(32)33)6-3-8-24-21(22)23/h13,15-16,34H,2-12H2,1H3,(H,25,29)(H,26,30)(H,32,33)(H4,22,23,24)/t13-,15-,16-/m0/s1. The molecule has 1 heterocycles. The van der Waals surface area contributed by atoms with Gasteiger partial charge in [0.15, 0.2) is 11.7 Å². The number of amides is 3. The lowest BCUT2D eigenvalue weighted by atomic mass is 10.0. The summed E-state index contributed by atoms with van der Waals surface area (Å²) in [6, 6.07) is -1.97. The van der Waals surface area contributed by atoms with E-state index in [0.29, 0.717) is 38.6 Å². The third-order valence-electron chi connectivity index (χ3n) is 5.40. The number of ketones is 1. The molecule has 1 aliphatic heterocycles. The lowest BCUT2D eigenvalue weighted by molar-refractivity contribution is -0.145. The minimum absolute atomic E-state index is 0.0981. The average Bonchev–Trinajstić information content (AvgIpc) is 3.27. The predicted molar refractivity (Wildman–Crippen MR) is 129 cm³/mol. The molecule has 1 rings (SSSR count). The molecule has 0 aromatic carbocycles. The van der Waals surface area contributed by atoms with Crippen LogP contribution < -0.4 is 22.1 Å². The van der Waals surface area contributed by atoms with Crippen LogP contribution in [0.2, 0.25) is 0 Å². The molecule has 13 heteroatoms. The molecule has 1 saturated heterocycles. The number of Topliss-reactive ketones (excluding diaryl/α,β-unsaturated/α-hetero) is 1. The topological polar surface area (TPSA) is 197 Å². The van der Waals surface area contributed by atoms with Gasteiger partial charge >= 0.3 is 5.97 Å². The first kappa shape index (κ1) is 29.2. The van der Waals surface area contributed by atoms with Crippen molar-refractivity contribution in [2.24, 2.45) is 22.4 Å². The van der Waals surface area contributed by atoms with E-state index in [1.54, 1.807) is 0 Å². The number of carbonyl (C=O) groups is 5. The minimum Gasteiger partial charge on any atom is -0.480 e. The highest BCUT2D eigenvalue weighted by molar-refractivity contribution is 7.80. The van der Waals surface area contributed by atoms with Crippen LogP contribution in [0.15, 0.2) is 4.99 Å². The number of aliphatic imine (C=N–C) groups is 1. The number of nitrogens with zero attached hydrogens (tertiary/aromatic N) is 2. The first-order chi connectivity index (χ1) is 16.1. The fourth-order valence-electron chi connectivity index (χ4n) is 3.66. The summed E-state index contributed by atoms with van der Waals surface area (Å²) in [6.07, 6.45) is 2.30. The quantitative estimate of drug-likeness (QED) is 0.0713. The van der Waals surface area contributed by atoms with Gasteiger partial charge in [0.05, 0.1) is 12.5 Å². The number of nitrogens with one attached hydrogen (secondary N) is 2. The van der Waals surface area contributed by atoms with Gasteiger partial charge < -0.3 is 32.1 Å². The Bertz CT molecular complexity index is 773. The van der Waals surface area contributed by atoms with Crippen LogP contribution >= 0.6 is 12.6 Å². The Hall–Kier alpha value is -2.83. The molecule has 0 aromatic heterocycles. The van der Waals surface area contributed by atoms with Gasteiger partial charge in [-0.2, -0.15) is 12.6 Å². The molecule has 0 spiro atoms. The van der Waals surface area contributed by atoms with Crippen molar-refractivity contribution in [1.29, 1.82) is 0 Å². The Morgan fingerprint density at radius 3 is 2.53 bits per heavy atom. The lowest BCUT2D eigenvalue weighted by Gasteiger charge is -2.28. The van der Waals surface area contributed by atoms with Gasteiger partial charge in [-0.1, -0.05) is 6.92 Å².